The van der Waals surface area contributed by atoms with Crippen LogP contribution in [0.15, 0.2) is 0 Å². The lowest BCUT2D eigenvalue weighted by atomic mass is 10.2. The molecule has 0 fully saturated rings. The number of hydrogen-bond acceptors (Lipinski definition) is 3. The van der Waals surface area contributed by atoms with Crippen molar-refractivity contribution in [3.63, 3.8) is 0 Å². The number of carboxylic acids is 1. The van der Waals surface area contributed by atoms with E-state index in [2.05, 4.69) is 11.2 Å². The number of rotatable bonds is 5. The van der Waals surface area contributed by atoms with Gasteiger partial charge in [0.15, 0.2) is 0 Å². The summed E-state index contributed by atoms with van der Waals surface area (Å²) in [6.45, 7) is 0.322. The van der Waals surface area contributed by atoms with E-state index >= 15 is 0 Å². The summed E-state index contributed by atoms with van der Waals surface area (Å²) in [5.74, 6) is 0.745. The second-order valence-electron chi connectivity index (χ2n) is 2.45. The third-order valence-electron chi connectivity index (χ3n) is 1.30. The minimum atomic E-state index is -1.10. The number of carbonyl (C=O) groups is 2. The van der Waals surface area contributed by atoms with E-state index in [0.29, 0.717) is 13.0 Å². The molecule has 0 aromatic heterocycles. The Balaban J connectivity index is 3.71. The Morgan fingerprint density at radius 2 is 2.23 bits per heavy atom. The molecule has 0 aromatic carbocycles. The summed E-state index contributed by atoms with van der Waals surface area (Å²) in [5, 5.41) is 10.7. The minimum absolute atomic E-state index is 0.322. The molecule has 0 aromatic rings. The molecular weight excluding hydrogens is 172 g/mol. The lowest BCUT2D eigenvalue weighted by Crippen LogP contribution is -2.42. The summed E-state index contributed by atoms with van der Waals surface area (Å²) in [6, 6.07) is -1.00. The van der Waals surface area contributed by atoms with Crippen molar-refractivity contribution in [2.75, 3.05) is 6.54 Å². The van der Waals surface area contributed by atoms with Crippen LogP contribution in [0.1, 0.15) is 12.8 Å². The molecule has 1 amide bonds. The molecule has 0 spiro atoms. The Hall–Kier alpha value is -1.54. The van der Waals surface area contributed by atoms with Gasteiger partial charge in [-0.25, -0.2) is 0 Å². The van der Waals surface area contributed by atoms with Crippen molar-refractivity contribution < 1.29 is 14.7 Å². The Labute approximate surface area is 76.3 Å². The summed E-state index contributed by atoms with van der Waals surface area (Å²) in [7, 11) is 0. The first-order valence-electron chi connectivity index (χ1n) is 3.76. The fraction of sp³-hybridized carbons (Fsp3) is 0.500. The second kappa shape index (κ2) is 6.03. The lowest BCUT2D eigenvalue weighted by molar-refractivity contribution is -0.139. The normalized spacial score (nSPS) is 11.4. The summed E-state index contributed by atoms with van der Waals surface area (Å²) in [5.41, 5.74) is 5.26. The molecule has 0 aliphatic rings. The zero-order valence-electron chi connectivity index (χ0n) is 7.12. The molecule has 0 rings (SSSR count). The van der Waals surface area contributed by atoms with Crippen LogP contribution >= 0.6 is 0 Å². The number of hydrogen-bond donors (Lipinski definition) is 3. The highest BCUT2D eigenvalue weighted by Gasteiger charge is 2.15. The van der Waals surface area contributed by atoms with E-state index in [-0.39, 0.29) is 6.42 Å². The van der Waals surface area contributed by atoms with Gasteiger partial charge >= 0.3 is 5.97 Å². The van der Waals surface area contributed by atoms with Crippen molar-refractivity contribution in [1.82, 2.24) is 5.32 Å². The number of terminal acetylenes is 1. The van der Waals surface area contributed by atoms with E-state index in [1.54, 1.807) is 0 Å². The van der Waals surface area contributed by atoms with Gasteiger partial charge in [0, 0.05) is 13.0 Å². The van der Waals surface area contributed by atoms with Crippen LogP contribution in [0.25, 0.3) is 0 Å². The van der Waals surface area contributed by atoms with Gasteiger partial charge in [-0.3, -0.25) is 9.59 Å². The molecule has 5 nitrogen and oxygen atoms in total. The number of nitrogens with one attached hydrogen (secondary N) is 1. The van der Waals surface area contributed by atoms with Crippen molar-refractivity contribution in [2.45, 2.75) is 18.9 Å². The van der Waals surface area contributed by atoms with Crippen LogP contribution in [-0.2, 0) is 9.59 Å². The topological polar surface area (TPSA) is 92.4 Å². The van der Waals surface area contributed by atoms with Crippen LogP contribution in [0.5, 0.6) is 0 Å². The number of carboxylic acid groups (broad SMARTS) is 1. The second-order valence-corrected chi connectivity index (χ2v) is 2.45. The van der Waals surface area contributed by atoms with E-state index in [4.69, 9.17) is 17.3 Å². The Morgan fingerprint density at radius 1 is 1.62 bits per heavy atom. The summed E-state index contributed by atoms with van der Waals surface area (Å²) >= 11 is 0. The summed E-state index contributed by atoms with van der Waals surface area (Å²) < 4.78 is 0. The van der Waals surface area contributed by atoms with Crippen LogP contribution in [0, 0.1) is 12.3 Å². The van der Waals surface area contributed by atoms with Crippen LogP contribution in [-0.4, -0.2) is 29.6 Å². The van der Waals surface area contributed by atoms with E-state index in [1.165, 1.54) is 0 Å². The van der Waals surface area contributed by atoms with Crippen LogP contribution in [0.4, 0.5) is 0 Å². The monoisotopic (exact) mass is 184 g/mol. The molecule has 4 N–H and O–H groups in total. The highest BCUT2D eigenvalue weighted by molar-refractivity contribution is 5.85. The zero-order valence-corrected chi connectivity index (χ0v) is 7.12. The van der Waals surface area contributed by atoms with E-state index in [0.717, 1.165) is 0 Å². The van der Waals surface area contributed by atoms with E-state index < -0.39 is 17.9 Å². The summed E-state index contributed by atoms with van der Waals surface area (Å²) in [4.78, 5) is 21.1. The maximum absolute atomic E-state index is 11.0. The zero-order chi connectivity index (χ0) is 10.3. The van der Waals surface area contributed by atoms with Crippen LogP contribution < -0.4 is 11.1 Å². The number of amides is 1. The van der Waals surface area contributed by atoms with Crippen molar-refractivity contribution in [3.05, 3.63) is 0 Å². The molecule has 0 saturated heterocycles. The molecule has 0 aliphatic heterocycles. The van der Waals surface area contributed by atoms with Crippen molar-refractivity contribution in [3.8, 4) is 12.3 Å². The molecule has 0 heterocycles. The van der Waals surface area contributed by atoms with E-state index in [9.17, 15) is 9.59 Å². The first-order chi connectivity index (χ1) is 6.07. The largest absolute Gasteiger partial charge is 0.481 e. The molecule has 0 saturated carbocycles. The van der Waals surface area contributed by atoms with Gasteiger partial charge < -0.3 is 16.2 Å². The van der Waals surface area contributed by atoms with Crippen molar-refractivity contribution in [1.29, 1.82) is 0 Å². The highest BCUT2D eigenvalue weighted by atomic mass is 16.4. The molecule has 5 heteroatoms. The van der Waals surface area contributed by atoms with Gasteiger partial charge in [-0.1, -0.05) is 0 Å². The Morgan fingerprint density at radius 3 is 2.69 bits per heavy atom. The molecule has 0 bridgehead atoms. The van der Waals surface area contributed by atoms with Gasteiger partial charge in [-0.2, -0.15) is 0 Å². The van der Waals surface area contributed by atoms with Gasteiger partial charge in [-0.15, -0.1) is 12.3 Å². The average molecular weight is 184 g/mol. The van der Waals surface area contributed by atoms with Gasteiger partial charge in [-0.05, 0) is 0 Å². The van der Waals surface area contributed by atoms with Gasteiger partial charge in [0.1, 0.15) is 0 Å². The average Bonchev–Trinajstić information content (AvgIpc) is 2.03. The number of nitrogens with two attached hydrogens (primary N) is 1. The molecule has 0 radical (unpaired) electrons. The molecular formula is C8H12N2O3. The predicted octanol–water partition coefficient (Wildman–Crippen LogP) is -1.07. The maximum Gasteiger partial charge on any atom is 0.305 e. The number of carbonyl (C=O) groups excluding carboxylic acids is 1. The Kier molecular flexibility index (Phi) is 5.32. The van der Waals surface area contributed by atoms with Crippen molar-refractivity contribution in [2.24, 2.45) is 5.73 Å². The van der Waals surface area contributed by atoms with Crippen LogP contribution in [0.2, 0.25) is 0 Å². The van der Waals surface area contributed by atoms with Gasteiger partial charge in [0.25, 0.3) is 0 Å². The molecule has 1 atom stereocenters. The fourth-order valence-electron chi connectivity index (χ4n) is 0.670. The highest BCUT2D eigenvalue weighted by Crippen LogP contribution is 1.88. The lowest BCUT2D eigenvalue weighted by Gasteiger charge is -2.08. The third-order valence-corrected chi connectivity index (χ3v) is 1.30. The number of aliphatic carboxylic acids is 1. The predicted molar refractivity (Wildman–Crippen MR) is 46.7 cm³/mol. The quantitative estimate of drug-likeness (QED) is 0.374. The first kappa shape index (κ1) is 11.5. The van der Waals surface area contributed by atoms with Crippen molar-refractivity contribution >= 4 is 11.9 Å². The molecule has 13 heavy (non-hydrogen) atoms. The smallest absolute Gasteiger partial charge is 0.305 e. The third kappa shape index (κ3) is 5.70. The van der Waals surface area contributed by atoms with Gasteiger partial charge in [0.05, 0.1) is 12.5 Å². The summed E-state index contributed by atoms with van der Waals surface area (Å²) in [6.07, 6.45) is 4.98. The van der Waals surface area contributed by atoms with Crippen LogP contribution in [0.3, 0.4) is 0 Å². The fourth-order valence-corrected chi connectivity index (χ4v) is 0.670. The van der Waals surface area contributed by atoms with E-state index in [1.807, 2.05) is 0 Å². The minimum Gasteiger partial charge on any atom is -0.481 e. The molecule has 0 aliphatic carbocycles. The van der Waals surface area contributed by atoms with Gasteiger partial charge in [0.2, 0.25) is 5.91 Å². The standard InChI is InChI=1S/C8H12N2O3/c1-2-3-4-10-8(13)6(9)5-7(11)12/h1,6H,3-5,9H2,(H,10,13)(H,11,12). The first-order valence-corrected chi connectivity index (χ1v) is 3.76. The SMILES string of the molecule is C#CCCNC(=O)C(N)CC(=O)O. The maximum atomic E-state index is 11.0. The molecule has 1 unspecified atom stereocenters. The molecule has 72 valence electrons. The Bertz CT molecular complexity index is 232.